The molecule has 176 valence electrons. The molecule has 0 unspecified atom stereocenters. The second kappa shape index (κ2) is 9.38. The number of carbonyl (C=O) groups excluding carboxylic acids is 1. The van der Waals surface area contributed by atoms with Crippen molar-refractivity contribution in [1.82, 2.24) is 14.9 Å². The third kappa shape index (κ3) is 4.95. The predicted molar refractivity (Wildman–Crippen MR) is 118 cm³/mol. The number of carbonyl (C=O) groups is 1. The number of benzene rings is 1. The predicted octanol–water partition coefficient (Wildman–Crippen LogP) is 4.07. The number of alkyl halides is 3. The number of hydrazone groups is 1. The number of likely N-dealkylation sites (tertiary alicyclic amines) is 1. The zero-order valence-corrected chi connectivity index (χ0v) is 18.5. The van der Waals surface area contributed by atoms with Crippen LogP contribution in [-0.4, -0.2) is 59.8 Å². The van der Waals surface area contributed by atoms with Crippen LogP contribution in [0.2, 0.25) is 0 Å². The Morgan fingerprint density at radius 2 is 2.00 bits per heavy atom. The Bertz CT molecular complexity index is 1010. The lowest BCUT2D eigenvalue weighted by molar-refractivity contribution is -0.137. The van der Waals surface area contributed by atoms with E-state index < -0.39 is 11.7 Å². The number of aromatic nitrogens is 1. The molecule has 0 radical (unpaired) electrons. The SMILES string of the molecule is C[C@@H]1CCCN(C(=O)c2ccccc2N2N=CCN2C)[C@@H]1COc1ccc(C(F)(F)F)cn1. The van der Waals surface area contributed by atoms with Crippen molar-refractivity contribution in [1.29, 1.82) is 0 Å². The molecular weight excluding hydrogens is 435 g/mol. The first-order valence-electron chi connectivity index (χ1n) is 10.9. The molecule has 2 atom stereocenters. The van der Waals surface area contributed by atoms with Gasteiger partial charge in [0.25, 0.3) is 5.91 Å². The first-order valence-corrected chi connectivity index (χ1v) is 10.9. The minimum Gasteiger partial charge on any atom is -0.475 e. The molecule has 3 heterocycles. The standard InChI is InChI=1S/C23H26F3N5O2/c1-16-6-5-12-30(20(16)15-33-21-10-9-17(14-27-21)23(24,25)26)22(32)18-7-3-4-8-19(18)31-28-11-13-29(31)2/h3-4,7-11,14,16,20H,5-6,12-13,15H2,1-2H3/t16-,20-/m1/s1. The van der Waals surface area contributed by atoms with E-state index in [1.807, 2.05) is 30.3 Å². The molecule has 0 spiro atoms. The van der Waals surface area contributed by atoms with Crippen molar-refractivity contribution in [2.75, 3.05) is 31.9 Å². The van der Waals surface area contributed by atoms with E-state index in [4.69, 9.17) is 4.74 Å². The first kappa shape index (κ1) is 23.0. The van der Waals surface area contributed by atoms with Gasteiger partial charge in [-0.05, 0) is 37.0 Å². The van der Waals surface area contributed by atoms with Crippen LogP contribution in [0.3, 0.4) is 0 Å². The van der Waals surface area contributed by atoms with Crippen molar-refractivity contribution >= 4 is 17.8 Å². The molecule has 0 N–H and O–H groups in total. The number of hydrazine groups is 1. The molecule has 1 fully saturated rings. The molecule has 4 rings (SSSR count). The molecule has 0 bridgehead atoms. The summed E-state index contributed by atoms with van der Waals surface area (Å²) in [5.74, 6) is 0.139. The van der Waals surface area contributed by atoms with Crippen molar-refractivity contribution < 1.29 is 22.7 Å². The van der Waals surface area contributed by atoms with Crippen molar-refractivity contribution in [2.45, 2.75) is 32.0 Å². The molecule has 0 aliphatic carbocycles. The average molecular weight is 461 g/mol. The highest BCUT2D eigenvalue weighted by atomic mass is 19.4. The molecule has 7 nitrogen and oxygen atoms in total. The Kier molecular flexibility index (Phi) is 6.55. The highest BCUT2D eigenvalue weighted by Crippen LogP contribution is 2.31. The summed E-state index contributed by atoms with van der Waals surface area (Å²) in [6.45, 7) is 3.43. The molecule has 2 aliphatic heterocycles. The fourth-order valence-corrected chi connectivity index (χ4v) is 4.19. The van der Waals surface area contributed by atoms with E-state index in [1.54, 1.807) is 22.3 Å². The first-order chi connectivity index (χ1) is 15.8. The fourth-order valence-electron chi connectivity index (χ4n) is 4.19. The number of piperidine rings is 1. The van der Waals surface area contributed by atoms with E-state index in [9.17, 15) is 18.0 Å². The van der Waals surface area contributed by atoms with Crippen molar-refractivity contribution in [3.05, 3.63) is 53.7 Å². The molecule has 1 aromatic carbocycles. The van der Waals surface area contributed by atoms with Crippen LogP contribution in [0.1, 0.15) is 35.7 Å². The highest BCUT2D eigenvalue weighted by molar-refractivity contribution is 6.00. The topological polar surface area (TPSA) is 61.3 Å². The number of halogens is 3. The number of amides is 1. The average Bonchev–Trinajstić information content (AvgIpc) is 3.23. The van der Waals surface area contributed by atoms with E-state index in [-0.39, 0.29) is 30.4 Å². The molecule has 10 heteroatoms. The number of nitrogens with zero attached hydrogens (tertiary/aromatic N) is 5. The molecule has 2 aliphatic rings. The van der Waals surface area contributed by atoms with Gasteiger partial charge in [-0.15, -0.1) is 0 Å². The van der Waals surface area contributed by atoms with Gasteiger partial charge < -0.3 is 9.64 Å². The zero-order chi connectivity index (χ0) is 23.6. The highest BCUT2D eigenvalue weighted by Gasteiger charge is 2.35. The minimum absolute atomic E-state index is 0.0987. The number of hydrogen-bond donors (Lipinski definition) is 0. The summed E-state index contributed by atoms with van der Waals surface area (Å²) in [5, 5.41) is 7.97. The number of anilines is 1. The van der Waals surface area contributed by atoms with Gasteiger partial charge in [0.05, 0.1) is 29.4 Å². The van der Waals surface area contributed by atoms with Gasteiger partial charge in [0, 0.05) is 32.1 Å². The van der Waals surface area contributed by atoms with Crippen LogP contribution >= 0.6 is 0 Å². The van der Waals surface area contributed by atoms with Gasteiger partial charge in [-0.1, -0.05) is 19.1 Å². The second-order valence-electron chi connectivity index (χ2n) is 8.32. The largest absolute Gasteiger partial charge is 0.475 e. The van der Waals surface area contributed by atoms with Crippen LogP contribution in [0.5, 0.6) is 5.88 Å². The van der Waals surface area contributed by atoms with Gasteiger partial charge in [0.1, 0.15) is 6.61 Å². The van der Waals surface area contributed by atoms with Crippen LogP contribution in [0, 0.1) is 5.92 Å². The van der Waals surface area contributed by atoms with E-state index >= 15 is 0 Å². The molecule has 2 aromatic rings. The van der Waals surface area contributed by atoms with Crippen LogP contribution in [0.15, 0.2) is 47.7 Å². The summed E-state index contributed by atoms with van der Waals surface area (Å²) in [4.78, 5) is 19.2. The Morgan fingerprint density at radius 3 is 2.67 bits per heavy atom. The van der Waals surface area contributed by atoms with Gasteiger partial charge in [-0.3, -0.25) is 4.79 Å². The molecule has 1 amide bonds. The normalized spacial score (nSPS) is 21.5. The number of pyridine rings is 1. The Hall–Kier alpha value is -3.14. The van der Waals surface area contributed by atoms with E-state index in [0.717, 1.165) is 25.1 Å². The lowest BCUT2D eigenvalue weighted by Crippen LogP contribution is -2.51. The summed E-state index contributed by atoms with van der Waals surface area (Å²) in [6.07, 6.45) is -0.123. The molecule has 0 saturated carbocycles. The maximum absolute atomic E-state index is 13.6. The van der Waals surface area contributed by atoms with Gasteiger partial charge in [-0.2, -0.15) is 28.4 Å². The second-order valence-corrected chi connectivity index (χ2v) is 8.32. The molecular formula is C23H26F3N5O2. The van der Waals surface area contributed by atoms with Crippen LogP contribution < -0.4 is 9.85 Å². The minimum atomic E-state index is -4.45. The summed E-state index contributed by atoms with van der Waals surface area (Å²) in [5.41, 5.74) is 0.403. The number of rotatable bonds is 5. The summed E-state index contributed by atoms with van der Waals surface area (Å²) >= 11 is 0. The Balaban J connectivity index is 1.52. The van der Waals surface area contributed by atoms with Gasteiger partial charge >= 0.3 is 6.18 Å². The van der Waals surface area contributed by atoms with E-state index in [0.29, 0.717) is 24.3 Å². The van der Waals surface area contributed by atoms with Crippen molar-refractivity contribution in [2.24, 2.45) is 11.0 Å². The lowest BCUT2D eigenvalue weighted by atomic mass is 9.90. The van der Waals surface area contributed by atoms with E-state index in [2.05, 4.69) is 17.0 Å². The van der Waals surface area contributed by atoms with Crippen molar-refractivity contribution in [3.8, 4) is 5.88 Å². The number of hydrogen-bond acceptors (Lipinski definition) is 6. The van der Waals surface area contributed by atoms with Crippen LogP contribution in [-0.2, 0) is 6.18 Å². The molecule has 1 aromatic heterocycles. The maximum atomic E-state index is 13.6. The quantitative estimate of drug-likeness (QED) is 0.672. The maximum Gasteiger partial charge on any atom is 0.417 e. The van der Waals surface area contributed by atoms with Gasteiger partial charge in [-0.25, -0.2) is 4.98 Å². The number of para-hydroxylation sites is 1. The zero-order valence-electron chi connectivity index (χ0n) is 18.5. The fraction of sp³-hybridized carbons (Fsp3) is 0.435. The molecule has 33 heavy (non-hydrogen) atoms. The van der Waals surface area contributed by atoms with Gasteiger partial charge in [0.15, 0.2) is 0 Å². The van der Waals surface area contributed by atoms with Gasteiger partial charge in [0.2, 0.25) is 5.88 Å². The monoisotopic (exact) mass is 461 g/mol. The summed E-state index contributed by atoms with van der Waals surface area (Å²) in [7, 11) is 1.89. The van der Waals surface area contributed by atoms with Crippen molar-refractivity contribution in [3.63, 3.8) is 0 Å². The smallest absolute Gasteiger partial charge is 0.417 e. The Labute approximate surface area is 190 Å². The third-order valence-electron chi connectivity index (χ3n) is 6.05. The number of ether oxygens (including phenoxy) is 1. The van der Waals surface area contributed by atoms with Crippen LogP contribution in [0.25, 0.3) is 0 Å². The van der Waals surface area contributed by atoms with Crippen LogP contribution in [0.4, 0.5) is 18.9 Å². The molecule has 1 saturated heterocycles. The summed E-state index contributed by atoms with van der Waals surface area (Å²) < 4.78 is 44.1. The Morgan fingerprint density at radius 1 is 1.21 bits per heavy atom. The third-order valence-corrected chi connectivity index (χ3v) is 6.05. The summed E-state index contributed by atoms with van der Waals surface area (Å²) in [6, 6.07) is 9.25. The lowest BCUT2D eigenvalue weighted by Gasteiger charge is -2.40. The van der Waals surface area contributed by atoms with E-state index in [1.165, 1.54) is 6.07 Å².